The van der Waals surface area contributed by atoms with Crippen LogP contribution in [0.1, 0.15) is 18.1 Å². The summed E-state index contributed by atoms with van der Waals surface area (Å²) in [5.74, 6) is 1.30. The Kier molecular flexibility index (Phi) is 4.51. The summed E-state index contributed by atoms with van der Waals surface area (Å²) >= 11 is 0. The zero-order valence-electron chi connectivity index (χ0n) is 13.5. The van der Waals surface area contributed by atoms with Crippen LogP contribution in [0.4, 0.5) is 5.69 Å². The van der Waals surface area contributed by atoms with Gasteiger partial charge in [-0.15, -0.1) is 0 Å². The van der Waals surface area contributed by atoms with Crippen LogP contribution in [0.2, 0.25) is 0 Å². The quantitative estimate of drug-likeness (QED) is 0.939. The Balaban J connectivity index is 1.63. The van der Waals surface area contributed by atoms with Crippen LogP contribution >= 0.6 is 0 Å². The first-order valence-electron chi connectivity index (χ1n) is 7.88. The SMILES string of the molecule is Cc1ccc(CC(C)C(=O)Nc2ccc3c(c2)OCCO3)cc1. The monoisotopic (exact) mass is 311 g/mol. The molecule has 1 N–H and O–H groups in total. The molecule has 2 aromatic carbocycles. The fraction of sp³-hybridized carbons (Fsp3) is 0.316. The van der Waals surface area contributed by atoms with Gasteiger partial charge in [-0.1, -0.05) is 36.8 Å². The highest BCUT2D eigenvalue weighted by atomic mass is 16.6. The highest BCUT2D eigenvalue weighted by molar-refractivity contribution is 5.92. The number of carbonyl (C=O) groups excluding carboxylic acids is 1. The van der Waals surface area contributed by atoms with Gasteiger partial charge in [0, 0.05) is 17.7 Å². The highest BCUT2D eigenvalue weighted by Crippen LogP contribution is 2.32. The van der Waals surface area contributed by atoms with E-state index in [0.717, 1.165) is 17.9 Å². The van der Waals surface area contributed by atoms with Crippen molar-refractivity contribution in [3.63, 3.8) is 0 Å². The van der Waals surface area contributed by atoms with Crippen LogP contribution < -0.4 is 14.8 Å². The lowest BCUT2D eigenvalue weighted by Gasteiger charge is -2.19. The maximum Gasteiger partial charge on any atom is 0.227 e. The number of hydrogen-bond acceptors (Lipinski definition) is 3. The fourth-order valence-corrected chi connectivity index (χ4v) is 2.56. The Hall–Kier alpha value is -2.49. The van der Waals surface area contributed by atoms with E-state index in [2.05, 4.69) is 36.5 Å². The molecule has 1 unspecified atom stereocenters. The number of rotatable bonds is 4. The van der Waals surface area contributed by atoms with Crippen LogP contribution in [-0.2, 0) is 11.2 Å². The molecule has 1 atom stereocenters. The van der Waals surface area contributed by atoms with E-state index in [1.807, 2.05) is 25.1 Å². The number of fused-ring (bicyclic) bond motifs is 1. The topological polar surface area (TPSA) is 47.6 Å². The Morgan fingerprint density at radius 3 is 2.52 bits per heavy atom. The number of benzene rings is 2. The van der Waals surface area contributed by atoms with Crippen LogP contribution in [-0.4, -0.2) is 19.1 Å². The molecule has 0 aliphatic carbocycles. The average Bonchev–Trinajstić information content (AvgIpc) is 2.56. The minimum Gasteiger partial charge on any atom is -0.486 e. The molecule has 1 heterocycles. The van der Waals surface area contributed by atoms with Gasteiger partial charge in [0.2, 0.25) is 5.91 Å². The number of aryl methyl sites for hydroxylation is 1. The van der Waals surface area contributed by atoms with E-state index in [-0.39, 0.29) is 11.8 Å². The summed E-state index contributed by atoms with van der Waals surface area (Å²) in [6.07, 6.45) is 0.719. The molecule has 0 saturated heterocycles. The van der Waals surface area contributed by atoms with Crippen molar-refractivity contribution in [2.24, 2.45) is 5.92 Å². The van der Waals surface area contributed by atoms with E-state index in [9.17, 15) is 4.79 Å². The van der Waals surface area contributed by atoms with E-state index in [0.29, 0.717) is 19.0 Å². The summed E-state index contributed by atoms with van der Waals surface area (Å²) in [4.78, 5) is 12.4. The van der Waals surface area contributed by atoms with Crippen LogP contribution in [0.25, 0.3) is 0 Å². The second kappa shape index (κ2) is 6.73. The number of anilines is 1. The first kappa shape index (κ1) is 15.4. The number of amides is 1. The lowest BCUT2D eigenvalue weighted by molar-refractivity contribution is -0.119. The summed E-state index contributed by atoms with van der Waals surface area (Å²) in [6, 6.07) is 13.8. The minimum absolute atomic E-state index is 0.00209. The van der Waals surface area contributed by atoms with Crippen molar-refractivity contribution in [1.82, 2.24) is 0 Å². The average molecular weight is 311 g/mol. The third kappa shape index (κ3) is 3.83. The Morgan fingerprint density at radius 2 is 1.78 bits per heavy atom. The maximum absolute atomic E-state index is 12.4. The Bertz CT molecular complexity index is 694. The standard InChI is InChI=1S/C19H21NO3/c1-13-3-5-15(6-4-13)11-14(2)19(21)20-16-7-8-17-18(12-16)23-10-9-22-17/h3-8,12,14H,9-11H2,1-2H3,(H,20,21). The molecule has 0 spiro atoms. The second-order valence-corrected chi connectivity index (χ2v) is 5.94. The predicted octanol–water partition coefficient (Wildman–Crippen LogP) is 3.58. The Morgan fingerprint density at radius 1 is 1.09 bits per heavy atom. The predicted molar refractivity (Wildman–Crippen MR) is 90.1 cm³/mol. The van der Waals surface area contributed by atoms with Gasteiger partial charge in [0.1, 0.15) is 13.2 Å². The van der Waals surface area contributed by atoms with Crippen molar-refractivity contribution in [3.8, 4) is 11.5 Å². The van der Waals surface area contributed by atoms with E-state index in [1.165, 1.54) is 11.1 Å². The van der Waals surface area contributed by atoms with Gasteiger partial charge in [-0.25, -0.2) is 0 Å². The summed E-state index contributed by atoms with van der Waals surface area (Å²) < 4.78 is 11.0. The smallest absolute Gasteiger partial charge is 0.227 e. The van der Waals surface area contributed by atoms with Crippen molar-refractivity contribution < 1.29 is 14.3 Å². The molecule has 1 aliphatic heterocycles. The summed E-state index contributed by atoms with van der Waals surface area (Å²) in [5, 5.41) is 2.95. The van der Waals surface area contributed by atoms with Gasteiger partial charge in [0.25, 0.3) is 0 Å². The van der Waals surface area contributed by atoms with Crippen LogP contribution in [0.5, 0.6) is 11.5 Å². The van der Waals surface area contributed by atoms with Crippen LogP contribution in [0.3, 0.4) is 0 Å². The molecule has 0 bridgehead atoms. The largest absolute Gasteiger partial charge is 0.486 e. The normalized spacial score (nSPS) is 14.2. The summed E-state index contributed by atoms with van der Waals surface area (Å²) in [5.41, 5.74) is 3.12. The molecule has 1 aliphatic rings. The molecule has 23 heavy (non-hydrogen) atoms. The lowest BCUT2D eigenvalue weighted by atomic mass is 9.99. The van der Waals surface area contributed by atoms with Crippen molar-refractivity contribution in [3.05, 3.63) is 53.6 Å². The Labute approximate surface area is 136 Å². The molecule has 4 nitrogen and oxygen atoms in total. The van der Waals surface area contributed by atoms with Crippen LogP contribution in [0, 0.1) is 12.8 Å². The van der Waals surface area contributed by atoms with Gasteiger partial charge in [-0.3, -0.25) is 4.79 Å². The molecule has 0 fully saturated rings. The lowest BCUT2D eigenvalue weighted by Crippen LogP contribution is -2.22. The molecule has 120 valence electrons. The molecular formula is C19H21NO3. The molecule has 1 amide bonds. The first-order valence-corrected chi connectivity index (χ1v) is 7.88. The van der Waals surface area contributed by atoms with Gasteiger partial charge >= 0.3 is 0 Å². The van der Waals surface area contributed by atoms with Crippen molar-refractivity contribution >= 4 is 11.6 Å². The summed E-state index contributed by atoms with van der Waals surface area (Å²) in [6.45, 7) is 5.09. The van der Waals surface area contributed by atoms with Gasteiger partial charge in [0.05, 0.1) is 0 Å². The van der Waals surface area contributed by atoms with Gasteiger partial charge < -0.3 is 14.8 Å². The minimum atomic E-state index is -0.106. The zero-order valence-corrected chi connectivity index (χ0v) is 13.5. The van der Waals surface area contributed by atoms with Crippen molar-refractivity contribution in [2.45, 2.75) is 20.3 Å². The molecule has 2 aromatic rings. The summed E-state index contributed by atoms with van der Waals surface area (Å²) in [7, 11) is 0. The third-order valence-electron chi connectivity index (χ3n) is 3.92. The molecular weight excluding hydrogens is 290 g/mol. The number of hydrogen-bond donors (Lipinski definition) is 1. The zero-order chi connectivity index (χ0) is 16.2. The highest BCUT2D eigenvalue weighted by Gasteiger charge is 2.16. The number of ether oxygens (including phenoxy) is 2. The molecule has 4 heteroatoms. The molecule has 0 aromatic heterocycles. The van der Waals surface area contributed by atoms with Gasteiger partial charge in [-0.05, 0) is 31.0 Å². The maximum atomic E-state index is 12.4. The third-order valence-corrected chi connectivity index (χ3v) is 3.92. The van der Waals surface area contributed by atoms with E-state index in [4.69, 9.17) is 9.47 Å². The molecule has 0 saturated carbocycles. The first-order chi connectivity index (χ1) is 11.1. The van der Waals surface area contributed by atoms with Crippen LogP contribution in [0.15, 0.2) is 42.5 Å². The molecule has 0 radical (unpaired) electrons. The second-order valence-electron chi connectivity index (χ2n) is 5.94. The van der Waals surface area contributed by atoms with Gasteiger partial charge in [-0.2, -0.15) is 0 Å². The van der Waals surface area contributed by atoms with E-state index >= 15 is 0 Å². The van der Waals surface area contributed by atoms with E-state index < -0.39 is 0 Å². The van der Waals surface area contributed by atoms with E-state index in [1.54, 1.807) is 0 Å². The van der Waals surface area contributed by atoms with Crippen molar-refractivity contribution in [2.75, 3.05) is 18.5 Å². The fourth-order valence-electron chi connectivity index (χ4n) is 2.56. The molecule has 3 rings (SSSR count). The number of nitrogens with one attached hydrogen (secondary N) is 1. The van der Waals surface area contributed by atoms with Gasteiger partial charge in [0.15, 0.2) is 11.5 Å². The number of carbonyl (C=O) groups is 1. The van der Waals surface area contributed by atoms with Crippen molar-refractivity contribution in [1.29, 1.82) is 0 Å².